The van der Waals surface area contributed by atoms with Crippen molar-refractivity contribution in [3.8, 4) is 0 Å². The molecule has 2 N–H and O–H groups in total. The van der Waals surface area contributed by atoms with E-state index in [1.165, 1.54) is 28.6 Å². The van der Waals surface area contributed by atoms with Crippen LogP contribution in [0.1, 0.15) is 10.4 Å². The third kappa shape index (κ3) is 4.72. The van der Waals surface area contributed by atoms with E-state index in [0.717, 1.165) is 0 Å². The molecule has 134 valence electrons. The van der Waals surface area contributed by atoms with E-state index in [9.17, 15) is 18.3 Å². The van der Waals surface area contributed by atoms with Gasteiger partial charge < -0.3 is 15.2 Å². The zero-order valence-electron chi connectivity index (χ0n) is 12.3. The van der Waals surface area contributed by atoms with Crippen molar-refractivity contribution in [3.05, 3.63) is 29.8 Å². The van der Waals surface area contributed by atoms with Gasteiger partial charge in [-0.05, 0) is 24.3 Å². The summed E-state index contributed by atoms with van der Waals surface area (Å²) < 4.78 is 29.3. The second-order valence-electron chi connectivity index (χ2n) is 4.96. The molecule has 0 saturated carbocycles. The lowest BCUT2D eigenvalue weighted by Crippen LogP contribution is -2.43. The fourth-order valence-electron chi connectivity index (χ4n) is 2.00. The molecule has 1 fully saturated rings. The molecule has 24 heavy (non-hydrogen) atoms. The predicted octanol–water partition coefficient (Wildman–Crippen LogP) is 1.13. The third-order valence-corrected chi connectivity index (χ3v) is 5.84. The number of carbonyl (C=O) groups excluding carboxylic acids is 1. The molecule has 1 aromatic rings. The van der Waals surface area contributed by atoms with Crippen molar-refractivity contribution < 1.29 is 23.1 Å². The Morgan fingerprint density at radius 2 is 1.75 bits per heavy atom. The first kappa shape index (κ1) is 19.7. The molecule has 1 aromatic carbocycles. The molecule has 1 saturated heterocycles. The van der Waals surface area contributed by atoms with E-state index < -0.39 is 26.0 Å². The molecule has 1 aliphatic rings. The van der Waals surface area contributed by atoms with Crippen LogP contribution in [0.3, 0.4) is 0 Å². The Balaban J connectivity index is 2.11. The van der Waals surface area contributed by atoms with Gasteiger partial charge in [-0.2, -0.15) is 4.31 Å². The quantitative estimate of drug-likeness (QED) is 0.565. The SMILES string of the molecule is O=C(NC(O)C(Cl)(Cl)Cl)c1ccc(S(=O)(=O)N2CCOCC2)cc1. The van der Waals surface area contributed by atoms with Gasteiger partial charge in [0.1, 0.15) is 0 Å². The molecule has 7 nitrogen and oxygen atoms in total. The molecule has 1 amide bonds. The lowest BCUT2D eigenvalue weighted by Gasteiger charge is -2.26. The summed E-state index contributed by atoms with van der Waals surface area (Å²) in [5.41, 5.74) is 0.115. The maximum Gasteiger partial charge on any atom is 0.253 e. The number of hydrogen-bond acceptors (Lipinski definition) is 5. The summed E-state index contributed by atoms with van der Waals surface area (Å²) in [5.74, 6) is -0.704. The van der Waals surface area contributed by atoms with Gasteiger partial charge in [0.25, 0.3) is 5.91 Å². The second-order valence-corrected chi connectivity index (χ2v) is 9.27. The van der Waals surface area contributed by atoms with E-state index in [2.05, 4.69) is 5.32 Å². The molecule has 2 rings (SSSR count). The summed E-state index contributed by atoms with van der Waals surface area (Å²) in [4.78, 5) is 12.0. The van der Waals surface area contributed by atoms with Crippen LogP contribution in [0.2, 0.25) is 0 Å². The zero-order chi connectivity index (χ0) is 18.0. The van der Waals surface area contributed by atoms with Gasteiger partial charge in [0.15, 0.2) is 6.23 Å². The Hall–Kier alpha value is -0.610. The summed E-state index contributed by atoms with van der Waals surface area (Å²) in [5, 5.41) is 11.6. The minimum atomic E-state index is -3.64. The topological polar surface area (TPSA) is 95.9 Å². The minimum Gasteiger partial charge on any atom is -0.379 e. The molecule has 1 unspecified atom stereocenters. The number of alkyl halides is 3. The van der Waals surface area contributed by atoms with Gasteiger partial charge >= 0.3 is 0 Å². The van der Waals surface area contributed by atoms with Gasteiger partial charge in [-0.3, -0.25) is 4.79 Å². The largest absolute Gasteiger partial charge is 0.379 e. The third-order valence-electron chi connectivity index (χ3n) is 3.30. The van der Waals surface area contributed by atoms with Crippen molar-refractivity contribution >= 4 is 50.7 Å². The summed E-state index contributed by atoms with van der Waals surface area (Å²) in [7, 11) is -3.64. The number of rotatable bonds is 4. The highest BCUT2D eigenvalue weighted by atomic mass is 35.6. The van der Waals surface area contributed by atoms with Gasteiger partial charge in [0.2, 0.25) is 13.8 Å². The summed E-state index contributed by atoms with van der Waals surface area (Å²) in [6, 6.07) is 5.24. The molecule has 1 heterocycles. The molecule has 0 aliphatic carbocycles. The Morgan fingerprint density at radius 3 is 2.25 bits per heavy atom. The first-order valence-electron chi connectivity index (χ1n) is 6.86. The van der Waals surface area contributed by atoms with Crippen molar-refractivity contribution in [1.82, 2.24) is 9.62 Å². The first-order chi connectivity index (χ1) is 11.1. The summed E-state index contributed by atoms with van der Waals surface area (Å²) >= 11 is 16.4. The molecular weight excluding hydrogens is 403 g/mol. The zero-order valence-corrected chi connectivity index (χ0v) is 15.4. The van der Waals surface area contributed by atoms with Crippen LogP contribution in [0.4, 0.5) is 0 Å². The fourth-order valence-corrected chi connectivity index (χ4v) is 3.58. The van der Waals surface area contributed by atoms with Gasteiger partial charge in [0, 0.05) is 18.7 Å². The van der Waals surface area contributed by atoms with Crippen LogP contribution >= 0.6 is 34.8 Å². The summed E-state index contributed by atoms with van der Waals surface area (Å²) in [6.45, 7) is 1.24. The number of sulfonamides is 1. The fraction of sp³-hybridized carbons (Fsp3) is 0.462. The standard InChI is InChI=1S/C13H15Cl3N2O5S/c14-13(15,16)12(20)17-11(19)9-1-3-10(4-2-9)24(21,22)18-5-7-23-8-6-18/h1-4,12,20H,5-8H2,(H,17,19). The van der Waals surface area contributed by atoms with E-state index in [1.54, 1.807) is 0 Å². The second kappa shape index (κ2) is 7.74. The van der Waals surface area contributed by atoms with Crippen LogP contribution in [0.15, 0.2) is 29.2 Å². The number of ether oxygens (including phenoxy) is 1. The first-order valence-corrected chi connectivity index (χ1v) is 9.43. The predicted molar refractivity (Wildman–Crippen MR) is 89.8 cm³/mol. The molecular formula is C13H15Cl3N2O5S. The van der Waals surface area contributed by atoms with Crippen molar-refractivity contribution in [1.29, 1.82) is 0 Å². The molecule has 11 heteroatoms. The molecule has 0 radical (unpaired) electrons. The number of nitrogens with zero attached hydrogens (tertiary/aromatic N) is 1. The number of nitrogens with one attached hydrogen (secondary N) is 1. The van der Waals surface area contributed by atoms with Crippen LogP contribution < -0.4 is 5.32 Å². The Labute approximate surface area is 154 Å². The minimum absolute atomic E-state index is 0.0582. The number of halogens is 3. The van der Waals surface area contributed by atoms with Gasteiger partial charge in [0.05, 0.1) is 18.1 Å². The van der Waals surface area contributed by atoms with Gasteiger partial charge in [-0.25, -0.2) is 8.42 Å². The molecule has 1 aliphatic heterocycles. The van der Waals surface area contributed by atoms with Crippen molar-refractivity contribution in [2.75, 3.05) is 26.3 Å². The van der Waals surface area contributed by atoms with Crippen LogP contribution in [0.5, 0.6) is 0 Å². The lowest BCUT2D eigenvalue weighted by atomic mass is 10.2. The van der Waals surface area contributed by atoms with Gasteiger partial charge in [-0.15, -0.1) is 0 Å². The highest BCUT2D eigenvalue weighted by molar-refractivity contribution is 7.89. The monoisotopic (exact) mass is 416 g/mol. The lowest BCUT2D eigenvalue weighted by molar-refractivity contribution is 0.0730. The van der Waals surface area contributed by atoms with Crippen LogP contribution in [0.25, 0.3) is 0 Å². The molecule has 0 spiro atoms. The number of morpholine rings is 1. The van der Waals surface area contributed by atoms with E-state index in [4.69, 9.17) is 39.5 Å². The molecule has 0 bridgehead atoms. The Morgan fingerprint density at radius 1 is 1.21 bits per heavy atom. The number of benzene rings is 1. The van der Waals surface area contributed by atoms with E-state index in [0.29, 0.717) is 13.2 Å². The van der Waals surface area contributed by atoms with Crippen LogP contribution in [0, 0.1) is 0 Å². The number of amides is 1. The van der Waals surface area contributed by atoms with Crippen LogP contribution in [-0.2, 0) is 14.8 Å². The average Bonchev–Trinajstić information content (AvgIpc) is 2.55. The van der Waals surface area contributed by atoms with E-state index in [1.807, 2.05) is 0 Å². The number of hydrogen-bond donors (Lipinski definition) is 2. The van der Waals surface area contributed by atoms with Crippen LogP contribution in [-0.4, -0.2) is 60.1 Å². The normalized spacial score (nSPS) is 18.2. The smallest absolute Gasteiger partial charge is 0.253 e. The maximum absolute atomic E-state index is 12.5. The van der Waals surface area contributed by atoms with Gasteiger partial charge in [-0.1, -0.05) is 34.8 Å². The van der Waals surface area contributed by atoms with Crippen molar-refractivity contribution in [2.24, 2.45) is 0 Å². The highest BCUT2D eigenvalue weighted by Gasteiger charge is 2.32. The number of aliphatic hydroxyl groups excluding tert-OH is 1. The summed E-state index contributed by atoms with van der Waals surface area (Å²) in [6.07, 6.45) is -1.70. The molecule has 0 aromatic heterocycles. The Kier molecular flexibility index (Phi) is 6.35. The highest BCUT2D eigenvalue weighted by Crippen LogP contribution is 2.29. The van der Waals surface area contributed by atoms with Crippen molar-refractivity contribution in [2.45, 2.75) is 14.9 Å². The van der Waals surface area contributed by atoms with E-state index in [-0.39, 0.29) is 23.5 Å². The Bertz CT molecular complexity index is 685. The van der Waals surface area contributed by atoms with Crippen molar-refractivity contribution in [3.63, 3.8) is 0 Å². The average molecular weight is 418 g/mol. The maximum atomic E-state index is 12.5. The molecule has 1 atom stereocenters. The number of carbonyl (C=O) groups is 1. The van der Waals surface area contributed by atoms with E-state index >= 15 is 0 Å². The number of aliphatic hydroxyl groups is 1.